The molecule has 0 fully saturated rings. The molecule has 0 aliphatic rings. The van der Waals surface area contributed by atoms with Crippen LogP contribution >= 0.6 is 7.26 Å². The minimum absolute atomic E-state index is 0. The van der Waals surface area contributed by atoms with E-state index in [2.05, 4.69) is 102 Å². The van der Waals surface area contributed by atoms with Gasteiger partial charge in [0.2, 0.25) is 5.75 Å². The summed E-state index contributed by atoms with van der Waals surface area (Å²) in [6.45, 7) is 0. The van der Waals surface area contributed by atoms with Crippen molar-refractivity contribution in [2.75, 3.05) is 14.2 Å². The highest BCUT2D eigenvalue weighted by Crippen LogP contribution is 2.58. The summed E-state index contributed by atoms with van der Waals surface area (Å²) in [6, 6.07) is 45.2. The van der Waals surface area contributed by atoms with Crippen molar-refractivity contribution in [3.63, 3.8) is 0 Å². The van der Waals surface area contributed by atoms with E-state index in [0.717, 1.165) is 29.5 Å². The zero-order chi connectivity index (χ0) is 31.8. The summed E-state index contributed by atoms with van der Waals surface area (Å²) in [6.07, 6.45) is 2.86. The van der Waals surface area contributed by atoms with Crippen molar-refractivity contribution < 1.29 is 40.5 Å². The van der Waals surface area contributed by atoms with E-state index in [1.807, 2.05) is 12.1 Å². The summed E-state index contributed by atoms with van der Waals surface area (Å²) >= 11 is 0. The van der Waals surface area contributed by atoms with Crippen LogP contribution in [0.4, 0.5) is 0 Å². The summed E-state index contributed by atoms with van der Waals surface area (Å²) in [7, 11) is 1.10. The second-order valence-corrected chi connectivity index (χ2v) is 14.4. The Hall–Kier alpha value is -4.71. The smallest absolute Gasteiger partial charge is 0.203 e. The molecule has 47 heavy (non-hydrogen) atoms. The SMILES string of the molecule is COc1cc(CCc2cc(C[P+](c3ccccc3)(c3ccccc3)c3ccccc3)no2)cc(Oc2ccc(C=O)cc2)c1OC.[Br-]. The van der Waals surface area contributed by atoms with Crippen molar-refractivity contribution in [2.24, 2.45) is 0 Å². The molecular weight excluding hydrogens is 673 g/mol. The number of rotatable bonds is 13. The van der Waals surface area contributed by atoms with Gasteiger partial charge in [-0.3, -0.25) is 4.79 Å². The van der Waals surface area contributed by atoms with E-state index in [4.69, 9.17) is 18.7 Å². The molecule has 0 aliphatic heterocycles. The molecule has 6 nitrogen and oxygen atoms in total. The van der Waals surface area contributed by atoms with Crippen molar-refractivity contribution >= 4 is 29.5 Å². The molecule has 1 aromatic heterocycles. The second-order valence-electron chi connectivity index (χ2n) is 10.9. The molecule has 6 aromatic rings. The molecule has 0 N–H and O–H groups in total. The third kappa shape index (κ3) is 7.48. The van der Waals surface area contributed by atoms with Crippen LogP contribution in [0.2, 0.25) is 0 Å². The predicted molar refractivity (Wildman–Crippen MR) is 184 cm³/mol. The van der Waals surface area contributed by atoms with E-state index in [1.165, 1.54) is 15.9 Å². The average Bonchev–Trinajstić information content (AvgIpc) is 3.58. The van der Waals surface area contributed by atoms with E-state index in [9.17, 15) is 4.79 Å². The number of ether oxygens (including phenoxy) is 3. The van der Waals surface area contributed by atoms with Crippen LogP contribution in [-0.2, 0) is 19.0 Å². The standard InChI is InChI=1S/C39H35NO5P.BrH/c1-42-37-24-30(25-38(39(37)43-2)44-32-21-18-29(27-41)19-22-32)20-23-33-26-31(40-45-33)28-46(34-12-6-3-7-13-34,35-14-8-4-9-15-35)36-16-10-5-11-17-36;/h3-19,21-22,24-27H,20,23,28H2,1-2H3;1H/q+1;/p-1. The Morgan fingerprint density at radius 1 is 0.681 bits per heavy atom. The van der Waals surface area contributed by atoms with Crippen LogP contribution in [0.5, 0.6) is 23.0 Å². The third-order valence-electron chi connectivity index (χ3n) is 8.01. The molecule has 0 atom stereocenters. The first-order chi connectivity index (χ1) is 22.6. The fourth-order valence-corrected chi connectivity index (χ4v) is 9.89. The molecule has 6 rings (SSSR count). The van der Waals surface area contributed by atoms with Gasteiger partial charge in [0.1, 0.15) is 52.8 Å². The maximum Gasteiger partial charge on any atom is 0.203 e. The Kier molecular flexibility index (Phi) is 11.3. The Bertz CT molecular complexity index is 1780. The summed E-state index contributed by atoms with van der Waals surface area (Å²) < 4.78 is 23.4. The number of hydrogen-bond acceptors (Lipinski definition) is 6. The van der Waals surface area contributed by atoms with E-state index in [0.29, 0.717) is 41.4 Å². The molecule has 0 unspecified atom stereocenters. The quantitative estimate of drug-likeness (QED) is 0.129. The fraction of sp³-hybridized carbons (Fsp3) is 0.128. The zero-order valence-electron chi connectivity index (χ0n) is 26.2. The molecular formula is C39H35BrNO5P. The van der Waals surface area contributed by atoms with Crippen molar-refractivity contribution in [3.05, 3.63) is 156 Å². The lowest BCUT2D eigenvalue weighted by Gasteiger charge is -2.26. The molecule has 5 aromatic carbocycles. The number of aromatic nitrogens is 1. The van der Waals surface area contributed by atoms with Gasteiger partial charge in [-0.15, -0.1) is 0 Å². The van der Waals surface area contributed by atoms with E-state index >= 15 is 0 Å². The van der Waals surface area contributed by atoms with Crippen LogP contribution in [0.1, 0.15) is 27.4 Å². The number of methoxy groups -OCH3 is 2. The predicted octanol–water partition coefficient (Wildman–Crippen LogP) is 4.58. The number of hydrogen-bond donors (Lipinski definition) is 0. The van der Waals surface area contributed by atoms with Crippen LogP contribution in [0.15, 0.2) is 138 Å². The topological polar surface area (TPSA) is 70.8 Å². The summed E-state index contributed by atoms with van der Waals surface area (Å²) in [4.78, 5) is 11.1. The lowest BCUT2D eigenvalue weighted by Crippen LogP contribution is -3.00. The van der Waals surface area contributed by atoms with E-state index < -0.39 is 7.26 Å². The molecule has 0 spiro atoms. The van der Waals surface area contributed by atoms with Gasteiger partial charge < -0.3 is 35.7 Å². The number of aldehydes is 1. The van der Waals surface area contributed by atoms with Gasteiger partial charge in [0.05, 0.1) is 14.2 Å². The van der Waals surface area contributed by atoms with Gasteiger partial charge in [0.25, 0.3) is 0 Å². The Morgan fingerprint density at radius 2 is 1.23 bits per heavy atom. The van der Waals surface area contributed by atoms with Crippen LogP contribution in [0.3, 0.4) is 0 Å². The highest BCUT2D eigenvalue weighted by Gasteiger charge is 2.46. The minimum Gasteiger partial charge on any atom is -1.00 e. The van der Waals surface area contributed by atoms with Crippen molar-refractivity contribution in [1.29, 1.82) is 0 Å². The van der Waals surface area contributed by atoms with Gasteiger partial charge in [-0.25, -0.2) is 0 Å². The zero-order valence-corrected chi connectivity index (χ0v) is 28.7. The average molecular weight is 709 g/mol. The number of benzene rings is 5. The third-order valence-corrected chi connectivity index (χ3v) is 12.3. The molecule has 0 aliphatic carbocycles. The number of aryl methyl sites for hydroxylation is 2. The molecule has 0 bridgehead atoms. The first kappa shape index (κ1) is 33.6. The Labute approximate surface area is 286 Å². The summed E-state index contributed by atoms with van der Waals surface area (Å²) in [5.41, 5.74) is 2.50. The number of carbonyl (C=O) groups is 1. The highest BCUT2D eigenvalue weighted by atomic mass is 79.9. The van der Waals surface area contributed by atoms with Crippen LogP contribution < -0.4 is 47.1 Å². The molecule has 0 saturated heterocycles. The Balaban J connectivity index is 0.00000433. The molecule has 0 amide bonds. The van der Waals surface area contributed by atoms with Crippen molar-refractivity contribution in [1.82, 2.24) is 5.16 Å². The van der Waals surface area contributed by atoms with E-state index in [-0.39, 0.29) is 17.0 Å². The van der Waals surface area contributed by atoms with Gasteiger partial charge in [-0.1, -0.05) is 59.8 Å². The van der Waals surface area contributed by atoms with Gasteiger partial charge in [0, 0.05) is 18.1 Å². The first-order valence-electron chi connectivity index (χ1n) is 15.1. The Morgan fingerprint density at radius 3 is 1.74 bits per heavy atom. The van der Waals surface area contributed by atoms with Gasteiger partial charge in [-0.2, -0.15) is 0 Å². The monoisotopic (exact) mass is 707 g/mol. The van der Waals surface area contributed by atoms with Crippen molar-refractivity contribution in [2.45, 2.75) is 19.0 Å². The minimum atomic E-state index is -2.09. The van der Waals surface area contributed by atoms with Gasteiger partial charge in [0.15, 0.2) is 11.5 Å². The molecule has 8 heteroatoms. The van der Waals surface area contributed by atoms with Gasteiger partial charge in [-0.05, 0) is 84.8 Å². The number of halogens is 1. The fourth-order valence-electron chi connectivity index (χ4n) is 5.77. The van der Waals surface area contributed by atoms with Crippen LogP contribution in [0, 0.1) is 0 Å². The molecule has 0 radical (unpaired) electrons. The van der Waals surface area contributed by atoms with Crippen LogP contribution in [0.25, 0.3) is 0 Å². The maximum absolute atomic E-state index is 11.1. The molecule has 238 valence electrons. The largest absolute Gasteiger partial charge is 1.00 e. The summed E-state index contributed by atoms with van der Waals surface area (Å²) in [5, 5.41) is 8.50. The molecule has 0 saturated carbocycles. The normalized spacial score (nSPS) is 10.9. The lowest BCUT2D eigenvalue weighted by atomic mass is 10.1. The maximum atomic E-state index is 11.1. The highest BCUT2D eigenvalue weighted by molar-refractivity contribution is 7.95. The number of nitrogens with zero attached hydrogens (tertiary/aromatic N) is 1. The lowest BCUT2D eigenvalue weighted by molar-refractivity contribution is -0.0000168. The first-order valence-corrected chi connectivity index (χ1v) is 17.1. The molecule has 1 heterocycles. The second kappa shape index (κ2) is 15.7. The summed E-state index contributed by atoms with van der Waals surface area (Å²) in [5.74, 6) is 2.99. The number of carbonyl (C=O) groups excluding carboxylic acids is 1. The van der Waals surface area contributed by atoms with E-state index in [1.54, 1.807) is 38.5 Å². The van der Waals surface area contributed by atoms with Crippen LogP contribution in [-0.4, -0.2) is 25.7 Å². The van der Waals surface area contributed by atoms with Gasteiger partial charge >= 0.3 is 0 Å². The van der Waals surface area contributed by atoms with Crippen molar-refractivity contribution in [3.8, 4) is 23.0 Å².